The molecule has 3 amide bonds. The lowest BCUT2D eigenvalue weighted by molar-refractivity contribution is -0.128. The van der Waals surface area contributed by atoms with Gasteiger partial charge >= 0.3 is 0 Å². The number of amides is 3. The second-order valence-corrected chi connectivity index (χ2v) is 7.37. The van der Waals surface area contributed by atoms with E-state index in [1.165, 1.54) is 13.8 Å². The smallest absolute Gasteiger partial charge is 0.269 e. The molecular formula is C20H21N5O3S. The van der Waals surface area contributed by atoms with Crippen molar-refractivity contribution >= 4 is 40.5 Å². The Bertz CT molecular complexity index is 999. The largest absolute Gasteiger partial charge is 0.345 e. The predicted octanol–water partition coefficient (Wildman–Crippen LogP) is 2.14. The zero-order chi connectivity index (χ0) is 20.8. The zero-order valence-corrected chi connectivity index (χ0v) is 16.8. The fourth-order valence-corrected chi connectivity index (χ4v) is 3.41. The highest BCUT2D eigenvalue weighted by molar-refractivity contribution is 7.98. The maximum absolute atomic E-state index is 12.2. The third-order valence-electron chi connectivity index (χ3n) is 4.07. The van der Waals surface area contributed by atoms with Crippen molar-refractivity contribution in [2.45, 2.75) is 30.8 Å². The Morgan fingerprint density at radius 1 is 1.07 bits per heavy atom. The van der Waals surface area contributed by atoms with Crippen molar-refractivity contribution < 1.29 is 14.4 Å². The van der Waals surface area contributed by atoms with Gasteiger partial charge in [-0.2, -0.15) is 0 Å². The van der Waals surface area contributed by atoms with E-state index in [1.54, 1.807) is 23.9 Å². The van der Waals surface area contributed by atoms with Crippen molar-refractivity contribution in [1.29, 1.82) is 0 Å². The Labute approximate surface area is 171 Å². The Morgan fingerprint density at radius 2 is 1.79 bits per heavy atom. The number of rotatable bonds is 6. The van der Waals surface area contributed by atoms with E-state index in [1.807, 2.05) is 36.4 Å². The van der Waals surface area contributed by atoms with E-state index in [9.17, 15) is 14.4 Å². The standard InChI is InChI=1S/C20H21N5O3S/c1-12(21-13(2)26)18(27)24-25-19(28)15-9-7-14(8-10-15)11-29-20-22-16-5-3-4-6-17(16)23-20/h3-10,12H,11H2,1-2H3,(H,21,26)(H,22,23)(H,24,27)(H,25,28). The van der Waals surface area contributed by atoms with E-state index < -0.39 is 17.9 Å². The van der Waals surface area contributed by atoms with Crippen LogP contribution in [0.1, 0.15) is 29.8 Å². The lowest BCUT2D eigenvalue weighted by Crippen LogP contribution is -2.50. The summed E-state index contributed by atoms with van der Waals surface area (Å²) in [6.07, 6.45) is 0. The summed E-state index contributed by atoms with van der Waals surface area (Å²) in [6, 6.07) is 14.2. The number of imidazole rings is 1. The molecule has 0 aliphatic heterocycles. The van der Waals surface area contributed by atoms with Crippen LogP contribution in [0.5, 0.6) is 0 Å². The van der Waals surface area contributed by atoms with Crippen molar-refractivity contribution in [2.24, 2.45) is 0 Å². The SMILES string of the molecule is CC(=O)NC(C)C(=O)NNC(=O)c1ccc(CSc2nc3ccccc3[nH]2)cc1. The molecule has 0 saturated carbocycles. The summed E-state index contributed by atoms with van der Waals surface area (Å²) in [5.41, 5.74) is 8.00. The van der Waals surface area contributed by atoms with Crippen LogP contribution in [0.3, 0.4) is 0 Å². The summed E-state index contributed by atoms with van der Waals surface area (Å²) in [6.45, 7) is 2.84. The third kappa shape index (κ3) is 5.58. The number of hydrazine groups is 1. The maximum atomic E-state index is 12.2. The first-order valence-electron chi connectivity index (χ1n) is 8.96. The Hall–Kier alpha value is -3.33. The predicted molar refractivity (Wildman–Crippen MR) is 111 cm³/mol. The molecule has 0 fully saturated rings. The number of thioether (sulfide) groups is 1. The number of carbonyl (C=O) groups is 3. The second kappa shape index (κ2) is 9.24. The number of hydrogen-bond acceptors (Lipinski definition) is 5. The van der Waals surface area contributed by atoms with Gasteiger partial charge in [0.15, 0.2) is 5.16 Å². The Balaban J connectivity index is 1.50. The molecule has 29 heavy (non-hydrogen) atoms. The lowest BCUT2D eigenvalue weighted by Gasteiger charge is -2.13. The van der Waals surface area contributed by atoms with Crippen LogP contribution in [0.15, 0.2) is 53.7 Å². The molecule has 1 aromatic heterocycles. The van der Waals surface area contributed by atoms with E-state index in [-0.39, 0.29) is 5.91 Å². The fraction of sp³-hybridized carbons (Fsp3) is 0.200. The normalized spacial score (nSPS) is 11.7. The molecule has 1 atom stereocenters. The average Bonchev–Trinajstić information content (AvgIpc) is 3.13. The number of para-hydroxylation sites is 2. The Morgan fingerprint density at radius 3 is 2.48 bits per heavy atom. The van der Waals surface area contributed by atoms with Gasteiger partial charge in [0, 0.05) is 18.2 Å². The first-order chi connectivity index (χ1) is 13.9. The molecular weight excluding hydrogens is 390 g/mol. The topological polar surface area (TPSA) is 116 Å². The van der Waals surface area contributed by atoms with Gasteiger partial charge in [0.2, 0.25) is 5.91 Å². The van der Waals surface area contributed by atoms with Gasteiger partial charge in [0.05, 0.1) is 11.0 Å². The molecule has 1 unspecified atom stereocenters. The highest BCUT2D eigenvalue weighted by atomic mass is 32.2. The third-order valence-corrected chi connectivity index (χ3v) is 5.02. The summed E-state index contributed by atoms with van der Waals surface area (Å²) >= 11 is 1.58. The van der Waals surface area contributed by atoms with Gasteiger partial charge < -0.3 is 10.3 Å². The van der Waals surface area contributed by atoms with Crippen molar-refractivity contribution in [2.75, 3.05) is 0 Å². The van der Waals surface area contributed by atoms with Gasteiger partial charge in [0.25, 0.3) is 11.8 Å². The van der Waals surface area contributed by atoms with E-state index in [4.69, 9.17) is 0 Å². The molecule has 0 bridgehead atoms. The van der Waals surface area contributed by atoms with Gasteiger partial charge in [-0.25, -0.2) is 4.98 Å². The van der Waals surface area contributed by atoms with Crippen LogP contribution < -0.4 is 16.2 Å². The quantitative estimate of drug-likeness (QED) is 0.366. The number of hydrogen-bond donors (Lipinski definition) is 4. The highest BCUT2D eigenvalue weighted by Crippen LogP contribution is 2.23. The Kier molecular flexibility index (Phi) is 6.50. The number of carbonyl (C=O) groups excluding carboxylic acids is 3. The molecule has 3 aromatic rings. The van der Waals surface area contributed by atoms with Gasteiger partial charge in [-0.15, -0.1) is 0 Å². The minimum atomic E-state index is -0.745. The number of H-pyrrole nitrogens is 1. The average molecular weight is 411 g/mol. The first-order valence-corrected chi connectivity index (χ1v) is 9.94. The molecule has 2 aromatic carbocycles. The number of nitrogens with one attached hydrogen (secondary N) is 4. The van der Waals surface area contributed by atoms with Gasteiger partial charge in [-0.1, -0.05) is 36.0 Å². The van der Waals surface area contributed by atoms with Crippen molar-refractivity contribution in [3.05, 3.63) is 59.7 Å². The summed E-state index contributed by atoms with van der Waals surface area (Å²) in [5.74, 6) is -0.570. The van der Waals surface area contributed by atoms with Gasteiger partial charge in [-0.3, -0.25) is 25.2 Å². The van der Waals surface area contributed by atoms with Crippen LogP contribution >= 0.6 is 11.8 Å². The van der Waals surface area contributed by atoms with Crippen molar-refractivity contribution in [1.82, 2.24) is 26.1 Å². The molecule has 0 saturated heterocycles. The van der Waals surface area contributed by atoms with Crippen LogP contribution in [0.25, 0.3) is 11.0 Å². The molecule has 0 spiro atoms. The number of fused-ring (bicyclic) bond motifs is 1. The molecule has 9 heteroatoms. The molecule has 0 radical (unpaired) electrons. The van der Waals surface area contributed by atoms with Crippen LogP contribution in [0.2, 0.25) is 0 Å². The van der Waals surface area contributed by atoms with E-state index in [0.29, 0.717) is 11.3 Å². The monoisotopic (exact) mass is 411 g/mol. The fourth-order valence-electron chi connectivity index (χ4n) is 2.57. The van der Waals surface area contributed by atoms with Crippen molar-refractivity contribution in [3.8, 4) is 0 Å². The number of aromatic nitrogens is 2. The number of aromatic amines is 1. The van der Waals surface area contributed by atoms with Crippen LogP contribution in [0, 0.1) is 0 Å². The molecule has 150 valence electrons. The number of benzene rings is 2. The van der Waals surface area contributed by atoms with Crippen LogP contribution in [-0.2, 0) is 15.3 Å². The van der Waals surface area contributed by atoms with Crippen LogP contribution in [0.4, 0.5) is 0 Å². The summed E-state index contributed by atoms with van der Waals surface area (Å²) < 4.78 is 0. The maximum Gasteiger partial charge on any atom is 0.269 e. The highest BCUT2D eigenvalue weighted by Gasteiger charge is 2.14. The number of nitrogens with zero attached hydrogens (tertiary/aromatic N) is 1. The van der Waals surface area contributed by atoms with E-state index >= 15 is 0 Å². The summed E-state index contributed by atoms with van der Waals surface area (Å²) in [7, 11) is 0. The van der Waals surface area contributed by atoms with Gasteiger partial charge in [0.1, 0.15) is 6.04 Å². The molecule has 0 aliphatic rings. The zero-order valence-electron chi connectivity index (χ0n) is 16.0. The second-order valence-electron chi connectivity index (χ2n) is 6.41. The molecule has 0 aliphatic carbocycles. The molecule has 3 rings (SSSR count). The van der Waals surface area contributed by atoms with Gasteiger partial charge in [-0.05, 0) is 36.8 Å². The summed E-state index contributed by atoms with van der Waals surface area (Å²) in [4.78, 5) is 42.7. The van der Waals surface area contributed by atoms with E-state index in [2.05, 4.69) is 26.1 Å². The molecule has 4 N–H and O–H groups in total. The van der Waals surface area contributed by atoms with Crippen LogP contribution in [-0.4, -0.2) is 33.7 Å². The lowest BCUT2D eigenvalue weighted by atomic mass is 10.1. The van der Waals surface area contributed by atoms with Crippen molar-refractivity contribution in [3.63, 3.8) is 0 Å². The minimum absolute atomic E-state index is 0.324. The molecule has 1 heterocycles. The summed E-state index contributed by atoms with van der Waals surface area (Å²) in [5, 5.41) is 3.27. The van der Waals surface area contributed by atoms with E-state index in [0.717, 1.165) is 21.8 Å². The molecule has 8 nitrogen and oxygen atoms in total. The minimum Gasteiger partial charge on any atom is -0.345 e. The first kappa shape index (κ1) is 20.4.